The van der Waals surface area contributed by atoms with Crippen LogP contribution >= 0.6 is 0 Å². The fourth-order valence-electron chi connectivity index (χ4n) is 1.84. The van der Waals surface area contributed by atoms with Gasteiger partial charge in [-0.15, -0.1) is 0 Å². The molecule has 0 unspecified atom stereocenters. The van der Waals surface area contributed by atoms with Crippen molar-refractivity contribution in [3.63, 3.8) is 0 Å². The molecule has 0 spiro atoms. The summed E-state index contributed by atoms with van der Waals surface area (Å²) >= 11 is 0. The second kappa shape index (κ2) is 6.46. The van der Waals surface area contributed by atoms with Crippen LogP contribution < -0.4 is 5.32 Å². The van der Waals surface area contributed by atoms with Crippen molar-refractivity contribution in [2.24, 2.45) is 0 Å². The van der Waals surface area contributed by atoms with E-state index in [0.717, 1.165) is 24.5 Å². The van der Waals surface area contributed by atoms with Crippen LogP contribution in [0.1, 0.15) is 12.0 Å². The van der Waals surface area contributed by atoms with Crippen molar-refractivity contribution < 1.29 is 22.9 Å². The number of nitrogens with one attached hydrogen (secondary N) is 1. The number of aromatic nitrogens is 2. The van der Waals surface area contributed by atoms with Gasteiger partial charge in [0.15, 0.2) is 0 Å². The third-order valence-electron chi connectivity index (χ3n) is 2.90. The number of benzene rings is 1. The van der Waals surface area contributed by atoms with E-state index >= 15 is 0 Å². The number of carbonyl (C=O) groups excluding carboxylic acids is 1. The van der Waals surface area contributed by atoms with Crippen molar-refractivity contribution in [1.82, 2.24) is 9.78 Å². The van der Waals surface area contributed by atoms with E-state index in [1.54, 1.807) is 0 Å². The molecule has 1 N–H and O–H groups in total. The molecular formula is C13H11F3N4O3. The first-order valence-electron chi connectivity index (χ1n) is 6.40. The van der Waals surface area contributed by atoms with Gasteiger partial charge in [0.2, 0.25) is 5.91 Å². The van der Waals surface area contributed by atoms with Gasteiger partial charge in [0, 0.05) is 13.0 Å². The van der Waals surface area contributed by atoms with Gasteiger partial charge < -0.3 is 5.32 Å². The predicted molar refractivity (Wildman–Crippen MR) is 73.6 cm³/mol. The largest absolute Gasteiger partial charge is 0.418 e. The number of carbonyl (C=O) groups is 1. The molecule has 0 atom stereocenters. The summed E-state index contributed by atoms with van der Waals surface area (Å²) < 4.78 is 39.6. The highest BCUT2D eigenvalue weighted by Gasteiger charge is 2.33. The van der Waals surface area contributed by atoms with Gasteiger partial charge in [-0.25, -0.2) is 0 Å². The molecule has 2 aromatic rings. The number of para-hydroxylation sites is 1. The van der Waals surface area contributed by atoms with Crippen molar-refractivity contribution >= 4 is 17.3 Å². The maximum absolute atomic E-state index is 12.8. The normalized spacial score (nSPS) is 11.3. The van der Waals surface area contributed by atoms with Crippen LogP contribution in [0.25, 0.3) is 0 Å². The molecule has 2 rings (SSSR count). The van der Waals surface area contributed by atoms with E-state index in [1.807, 2.05) is 0 Å². The first-order chi connectivity index (χ1) is 10.8. The van der Waals surface area contributed by atoms with E-state index in [4.69, 9.17) is 0 Å². The molecule has 7 nitrogen and oxygen atoms in total. The Morgan fingerprint density at radius 2 is 2.04 bits per heavy atom. The average molecular weight is 328 g/mol. The van der Waals surface area contributed by atoms with E-state index in [1.165, 1.54) is 16.8 Å². The molecule has 0 saturated carbocycles. The zero-order valence-corrected chi connectivity index (χ0v) is 11.6. The van der Waals surface area contributed by atoms with Crippen molar-refractivity contribution in [2.45, 2.75) is 19.1 Å². The quantitative estimate of drug-likeness (QED) is 0.675. The van der Waals surface area contributed by atoms with Crippen LogP contribution in [0.3, 0.4) is 0 Å². The molecule has 1 aromatic carbocycles. The van der Waals surface area contributed by atoms with Gasteiger partial charge >= 0.3 is 11.9 Å². The number of amides is 1. The van der Waals surface area contributed by atoms with E-state index in [2.05, 4.69) is 10.4 Å². The Balaban J connectivity index is 1.99. The lowest BCUT2D eigenvalue weighted by atomic mass is 10.1. The summed E-state index contributed by atoms with van der Waals surface area (Å²) in [5.74, 6) is -0.653. The second-order valence-electron chi connectivity index (χ2n) is 4.56. The lowest BCUT2D eigenvalue weighted by molar-refractivity contribution is -0.385. The Labute approximate surface area is 127 Å². The molecule has 0 aliphatic carbocycles. The third-order valence-corrected chi connectivity index (χ3v) is 2.90. The number of nitro groups is 1. The molecule has 0 radical (unpaired) electrons. The molecule has 10 heteroatoms. The van der Waals surface area contributed by atoms with Crippen LogP contribution in [-0.4, -0.2) is 20.6 Å². The fraction of sp³-hybridized carbons (Fsp3) is 0.231. The minimum absolute atomic E-state index is 0.00780. The smallest absolute Gasteiger partial charge is 0.325 e. The van der Waals surface area contributed by atoms with Crippen LogP contribution in [0, 0.1) is 10.1 Å². The minimum Gasteiger partial charge on any atom is -0.325 e. The molecule has 23 heavy (non-hydrogen) atoms. The highest BCUT2D eigenvalue weighted by molar-refractivity contribution is 5.91. The van der Waals surface area contributed by atoms with Gasteiger partial charge in [0.1, 0.15) is 12.4 Å². The van der Waals surface area contributed by atoms with Gasteiger partial charge in [0.25, 0.3) is 0 Å². The monoisotopic (exact) mass is 328 g/mol. The van der Waals surface area contributed by atoms with E-state index in [-0.39, 0.29) is 24.3 Å². The highest BCUT2D eigenvalue weighted by Crippen LogP contribution is 2.34. The summed E-state index contributed by atoms with van der Waals surface area (Å²) in [5, 5.41) is 16.4. The van der Waals surface area contributed by atoms with Crippen molar-refractivity contribution in [1.29, 1.82) is 0 Å². The zero-order chi connectivity index (χ0) is 17.0. The first-order valence-corrected chi connectivity index (χ1v) is 6.40. The number of aryl methyl sites for hydroxylation is 1. The molecule has 1 heterocycles. The molecule has 1 aromatic heterocycles. The maximum Gasteiger partial charge on any atom is 0.418 e. The summed E-state index contributed by atoms with van der Waals surface area (Å²) in [5.41, 5.74) is -1.51. The Morgan fingerprint density at radius 3 is 2.65 bits per heavy atom. The van der Waals surface area contributed by atoms with Gasteiger partial charge in [-0.2, -0.15) is 18.3 Å². The van der Waals surface area contributed by atoms with Crippen LogP contribution in [0.5, 0.6) is 0 Å². The minimum atomic E-state index is -4.58. The standard InChI is InChI=1S/C13H11F3N4O3/c14-13(15,16)10-3-1-2-4-11(10)18-12(21)5-6-19-8-9(7-17-19)20(22)23/h1-4,7-8H,5-6H2,(H,18,21). The summed E-state index contributed by atoms with van der Waals surface area (Å²) in [6.07, 6.45) is -2.59. The number of hydrogen-bond donors (Lipinski definition) is 1. The third kappa shape index (κ3) is 4.28. The van der Waals surface area contributed by atoms with Crippen molar-refractivity contribution in [2.75, 3.05) is 5.32 Å². The number of rotatable bonds is 5. The Hall–Kier alpha value is -2.91. The van der Waals surface area contributed by atoms with Gasteiger partial charge in [-0.3, -0.25) is 19.6 Å². The Kier molecular flexibility index (Phi) is 4.63. The van der Waals surface area contributed by atoms with Crippen molar-refractivity contribution in [3.8, 4) is 0 Å². The molecule has 0 saturated heterocycles. The Morgan fingerprint density at radius 1 is 1.35 bits per heavy atom. The lowest BCUT2D eigenvalue weighted by Crippen LogP contribution is -2.18. The average Bonchev–Trinajstić information content (AvgIpc) is 2.94. The van der Waals surface area contributed by atoms with Gasteiger partial charge in [0.05, 0.1) is 16.2 Å². The Bertz CT molecular complexity index is 727. The lowest BCUT2D eigenvalue weighted by Gasteiger charge is -2.13. The highest BCUT2D eigenvalue weighted by atomic mass is 19.4. The van der Waals surface area contributed by atoms with Crippen molar-refractivity contribution in [3.05, 3.63) is 52.3 Å². The number of hydrogen-bond acceptors (Lipinski definition) is 4. The van der Waals surface area contributed by atoms with Crippen LogP contribution in [0.15, 0.2) is 36.7 Å². The van der Waals surface area contributed by atoms with Crippen LogP contribution in [0.4, 0.5) is 24.5 Å². The molecule has 0 bridgehead atoms. The van der Waals surface area contributed by atoms with E-state index in [9.17, 15) is 28.1 Å². The number of nitrogens with zero attached hydrogens (tertiary/aromatic N) is 3. The molecule has 0 aliphatic rings. The zero-order valence-electron chi connectivity index (χ0n) is 11.6. The maximum atomic E-state index is 12.8. The predicted octanol–water partition coefficient (Wildman–Crippen LogP) is 2.84. The molecule has 1 amide bonds. The number of anilines is 1. The number of halogens is 3. The van der Waals surface area contributed by atoms with Gasteiger partial charge in [-0.1, -0.05) is 12.1 Å². The summed E-state index contributed by atoms with van der Waals surface area (Å²) in [6.45, 7) is 0.00780. The van der Waals surface area contributed by atoms with Crippen LogP contribution in [0.2, 0.25) is 0 Å². The van der Waals surface area contributed by atoms with Crippen LogP contribution in [-0.2, 0) is 17.5 Å². The fourth-order valence-corrected chi connectivity index (χ4v) is 1.84. The molecule has 0 aliphatic heterocycles. The topological polar surface area (TPSA) is 90.1 Å². The van der Waals surface area contributed by atoms with E-state index < -0.39 is 22.6 Å². The SMILES string of the molecule is O=C(CCn1cc([N+](=O)[O-])cn1)Nc1ccccc1C(F)(F)F. The first kappa shape index (κ1) is 16.5. The number of alkyl halides is 3. The molecule has 0 fully saturated rings. The summed E-state index contributed by atoms with van der Waals surface area (Å²) in [6, 6.07) is 4.62. The van der Waals surface area contributed by atoms with E-state index in [0.29, 0.717) is 0 Å². The van der Waals surface area contributed by atoms with Gasteiger partial charge in [-0.05, 0) is 12.1 Å². The molecule has 122 valence electrons. The second-order valence-corrected chi connectivity index (χ2v) is 4.56. The molecular weight excluding hydrogens is 317 g/mol. The summed E-state index contributed by atoms with van der Waals surface area (Å²) in [7, 11) is 0. The summed E-state index contributed by atoms with van der Waals surface area (Å²) in [4.78, 5) is 21.6.